The van der Waals surface area contributed by atoms with Crippen molar-refractivity contribution < 1.29 is 0 Å². The monoisotopic (exact) mass is 220 g/mol. The predicted molar refractivity (Wildman–Crippen MR) is 70.8 cm³/mol. The predicted octanol–water partition coefficient (Wildman–Crippen LogP) is 2.16. The maximum Gasteiger partial charge on any atom is 0.0237 e. The van der Waals surface area contributed by atoms with E-state index in [2.05, 4.69) is 68.5 Å². The molecule has 0 fully saturated rings. The number of nitrogens with zero attached hydrogens (tertiary/aromatic N) is 1. The Morgan fingerprint density at radius 3 is 2.25 bits per heavy atom. The summed E-state index contributed by atoms with van der Waals surface area (Å²) in [6.07, 6.45) is 1.09. The molecule has 2 nitrogen and oxygen atoms in total. The molecule has 0 aliphatic carbocycles. The van der Waals surface area contributed by atoms with Gasteiger partial charge in [0, 0.05) is 18.6 Å². The summed E-state index contributed by atoms with van der Waals surface area (Å²) in [4.78, 5) is 2.24. The van der Waals surface area contributed by atoms with Crippen LogP contribution in [0.25, 0.3) is 0 Å². The fraction of sp³-hybridized carbons (Fsp3) is 0.571. The first-order valence-corrected chi connectivity index (χ1v) is 6.02. The first-order valence-electron chi connectivity index (χ1n) is 6.02. The smallest absolute Gasteiger partial charge is 0.0237 e. The summed E-state index contributed by atoms with van der Waals surface area (Å²) >= 11 is 0. The zero-order valence-electron chi connectivity index (χ0n) is 10.9. The molecular formula is C14H24N2. The number of likely N-dealkylation sites (N-methyl/N-ethyl adjacent to an activating group) is 1. The molecule has 0 heterocycles. The van der Waals surface area contributed by atoms with Gasteiger partial charge in [-0.1, -0.05) is 44.2 Å². The summed E-state index contributed by atoms with van der Waals surface area (Å²) < 4.78 is 0. The highest BCUT2D eigenvalue weighted by molar-refractivity contribution is 5.16. The van der Waals surface area contributed by atoms with E-state index >= 15 is 0 Å². The molecule has 1 N–H and O–H groups in total. The van der Waals surface area contributed by atoms with Crippen molar-refractivity contribution in [3.63, 3.8) is 0 Å². The van der Waals surface area contributed by atoms with Gasteiger partial charge in [-0.15, -0.1) is 0 Å². The van der Waals surface area contributed by atoms with Gasteiger partial charge in [0.05, 0.1) is 0 Å². The van der Waals surface area contributed by atoms with Crippen LogP contribution in [0, 0.1) is 0 Å². The average molecular weight is 220 g/mol. The molecule has 1 rings (SSSR count). The molecule has 1 atom stereocenters. The maximum atomic E-state index is 3.62. The molecule has 0 aliphatic rings. The average Bonchev–Trinajstić information content (AvgIpc) is 2.16. The Balaban J connectivity index is 2.56. The second-order valence-electron chi connectivity index (χ2n) is 4.97. The van der Waals surface area contributed by atoms with Crippen molar-refractivity contribution in [1.29, 1.82) is 0 Å². The van der Waals surface area contributed by atoms with Crippen LogP contribution in [0.5, 0.6) is 0 Å². The fourth-order valence-electron chi connectivity index (χ4n) is 1.99. The van der Waals surface area contributed by atoms with Crippen LogP contribution in [-0.4, -0.2) is 37.6 Å². The Hall–Kier alpha value is -0.860. The van der Waals surface area contributed by atoms with Gasteiger partial charge in [0.2, 0.25) is 0 Å². The van der Waals surface area contributed by atoms with E-state index in [1.54, 1.807) is 0 Å². The summed E-state index contributed by atoms with van der Waals surface area (Å²) in [6.45, 7) is 5.48. The minimum atomic E-state index is 0.525. The Labute approximate surface area is 99.7 Å². The van der Waals surface area contributed by atoms with Crippen molar-refractivity contribution in [2.24, 2.45) is 0 Å². The van der Waals surface area contributed by atoms with E-state index in [0.717, 1.165) is 13.0 Å². The lowest BCUT2D eigenvalue weighted by Gasteiger charge is -2.24. The Kier molecular flexibility index (Phi) is 5.50. The highest BCUT2D eigenvalue weighted by Gasteiger charge is 2.11. The van der Waals surface area contributed by atoms with Gasteiger partial charge in [-0.3, -0.25) is 0 Å². The number of rotatable bonds is 6. The second kappa shape index (κ2) is 6.66. The molecule has 1 aromatic carbocycles. The number of hydrogen-bond acceptors (Lipinski definition) is 2. The number of hydrogen-bond donors (Lipinski definition) is 1. The molecule has 0 radical (unpaired) electrons. The molecule has 2 heteroatoms. The van der Waals surface area contributed by atoms with E-state index in [-0.39, 0.29) is 0 Å². The molecule has 0 bridgehead atoms. The largest absolute Gasteiger partial charge is 0.310 e. The summed E-state index contributed by atoms with van der Waals surface area (Å²) in [5.41, 5.74) is 1.41. The van der Waals surface area contributed by atoms with Crippen LogP contribution < -0.4 is 5.32 Å². The van der Waals surface area contributed by atoms with E-state index in [1.165, 1.54) is 5.56 Å². The van der Waals surface area contributed by atoms with Crippen molar-refractivity contribution >= 4 is 0 Å². The van der Waals surface area contributed by atoms with E-state index in [9.17, 15) is 0 Å². The van der Waals surface area contributed by atoms with Crippen LogP contribution in [0.3, 0.4) is 0 Å². The Bertz CT molecular complexity index is 270. The van der Waals surface area contributed by atoms with Gasteiger partial charge >= 0.3 is 0 Å². The zero-order valence-corrected chi connectivity index (χ0v) is 10.9. The van der Waals surface area contributed by atoms with Crippen molar-refractivity contribution in [2.45, 2.75) is 32.4 Å². The molecule has 0 saturated carbocycles. The highest BCUT2D eigenvalue weighted by atomic mass is 15.1. The van der Waals surface area contributed by atoms with Crippen LogP contribution in [0.1, 0.15) is 19.4 Å². The Morgan fingerprint density at radius 1 is 1.12 bits per heavy atom. The van der Waals surface area contributed by atoms with Crippen LogP contribution in [0.4, 0.5) is 0 Å². The minimum Gasteiger partial charge on any atom is -0.310 e. The Morgan fingerprint density at radius 2 is 1.75 bits per heavy atom. The molecule has 0 aromatic heterocycles. The number of benzene rings is 1. The molecule has 0 aliphatic heterocycles. The van der Waals surface area contributed by atoms with Gasteiger partial charge in [0.15, 0.2) is 0 Å². The van der Waals surface area contributed by atoms with E-state index < -0.39 is 0 Å². The lowest BCUT2D eigenvalue weighted by atomic mass is 10.0. The summed E-state index contributed by atoms with van der Waals surface area (Å²) in [7, 11) is 4.25. The van der Waals surface area contributed by atoms with E-state index in [0.29, 0.717) is 12.1 Å². The highest BCUT2D eigenvalue weighted by Crippen LogP contribution is 2.04. The molecule has 0 amide bonds. The van der Waals surface area contributed by atoms with Crippen LogP contribution in [0.2, 0.25) is 0 Å². The van der Waals surface area contributed by atoms with Crippen molar-refractivity contribution in [2.75, 3.05) is 20.6 Å². The van der Waals surface area contributed by atoms with Gasteiger partial charge < -0.3 is 10.2 Å². The van der Waals surface area contributed by atoms with E-state index in [1.807, 2.05) is 0 Å². The molecule has 1 unspecified atom stereocenters. The first-order chi connectivity index (χ1) is 7.58. The molecular weight excluding hydrogens is 196 g/mol. The van der Waals surface area contributed by atoms with Crippen LogP contribution in [-0.2, 0) is 6.42 Å². The molecule has 16 heavy (non-hydrogen) atoms. The molecule has 0 spiro atoms. The second-order valence-corrected chi connectivity index (χ2v) is 4.97. The van der Waals surface area contributed by atoms with Crippen LogP contribution in [0.15, 0.2) is 30.3 Å². The number of nitrogens with one attached hydrogen (secondary N) is 1. The van der Waals surface area contributed by atoms with Crippen LogP contribution >= 0.6 is 0 Å². The lowest BCUT2D eigenvalue weighted by Crippen LogP contribution is -2.43. The maximum absolute atomic E-state index is 3.62. The third-order valence-electron chi connectivity index (χ3n) is 2.48. The third kappa shape index (κ3) is 5.29. The van der Waals surface area contributed by atoms with E-state index in [4.69, 9.17) is 0 Å². The lowest BCUT2D eigenvalue weighted by molar-refractivity contribution is 0.323. The van der Waals surface area contributed by atoms with Gasteiger partial charge in [0.25, 0.3) is 0 Å². The van der Waals surface area contributed by atoms with Gasteiger partial charge in [0.1, 0.15) is 0 Å². The summed E-state index contributed by atoms with van der Waals surface area (Å²) in [5, 5.41) is 3.62. The molecule has 90 valence electrons. The van der Waals surface area contributed by atoms with Crippen molar-refractivity contribution in [3.8, 4) is 0 Å². The summed E-state index contributed by atoms with van der Waals surface area (Å²) in [5.74, 6) is 0. The van der Waals surface area contributed by atoms with Gasteiger partial charge in [-0.25, -0.2) is 0 Å². The van der Waals surface area contributed by atoms with Gasteiger partial charge in [-0.2, -0.15) is 0 Å². The third-order valence-corrected chi connectivity index (χ3v) is 2.48. The standard InChI is InChI=1S/C14H24N2/c1-12(2)15-14(11-16(3)4)10-13-8-6-5-7-9-13/h5-9,12,14-15H,10-11H2,1-4H3. The topological polar surface area (TPSA) is 15.3 Å². The van der Waals surface area contributed by atoms with Crippen molar-refractivity contribution in [3.05, 3.63) is 35.9 Å². The zero-order chi connectivity index (χ0) is 12.0. The first kappa shape index (κ1) is 13.2. The molecule has 0 saturated heterocycles. The quantitative estimate of drug-likeness (QED) is 0.790. The fourth-order valence-corrected chi connectivity index (χ4v) is 1.99. The summed E-state index contributed by atoms with van der Waals surface area (Å²) in [6, 6.07) is 11.7. The minimum absolute atomic E-state index is 0.525. The SMILES string of the molecule is CC(C)NC(Cc1ccccc1)CN(C)C. The van der Waals surface area contributed by atoms with Crippen molar-refractivity contribution in [1.82, 2.24) is 10.2 Å². The molecule has 1 aromatic rings. The normalized spacial score (nSPS) is 13.4. The van der Waals surface area contributed by atoms with Gasteiger partial charge in [-0.05, 0) is 26.1 Å².